The molecule has 18 heavy (non-hydrogen) atoms. The molecule has 0 aliphatic heterocycles. The molecule has 2 heterocycles. The summed E-state index contributed by atoms with van der Waals surface area (Å²) in [5, 5.41) is 12.1. The highest BCUT2D eigenvalue weighted by Gasteiger charge is 2.11. The van der Waals surface area contributed by atoms with Crippen molar-refractivity contribution in [2.75, 3.05) is 0 Å². The smallest absolute Gasteiger partial charge is 0.164 e. The maximum absolute atomic E-state index is 4.48. The minimum atomic E-state index is 0.441. The molecule has 1 N–H and O–H groups in total. The molecule has 0 saturated heterocycles. The Labute approximate surface area is 107 Å². The number of hydrogen-bond donors (Lipinski definition) is 1. The summed E-state index contributed by atoms with van der Waals surface area (Å²) in [4.78, 5) is 4.18. The Morgan fingerprint density at radius 2 is 1.94 bits per heavy atom. The molecule has 6 heteroatoms. The van der Waals surface area contributed by atoms with Crippen LogP contribution in [0.2, 0.25) is 0 Å². The molecule has 98 valence electrons. The number of aromatic nitrogens is 5. The van der Waals surface area contributed by atoms with E-state index in [2.05, 4.69) is 40.5 Å². The second-order valence-electron chi connectivity index (χ2n) is 4.81. The van der Waals surface area contributed by atoms with Crippen molar-refractivity contribution >= 4 is 0 Å². The van der Waals surface area contributed by atoms with Crippen molar-refractivity contribution in [1.29, 1.82) is 0 Å². The maximum atomic E-state index is 4.48. The van der Waals surface area contributed by atoms with Gasteiger partial charge < -0.3 is 5.32 Å². The normalized spacial score (nSPS) is 11.4. The van der Waals surface area contributed by atoms with Crippen LogP contribution < -0.4 is 5.32 Å². The van der Waals surface area contributed by atoms with Gasteiger partial charge in [0.05, 0.1) is 12.2 Å². The van der Waals surface area contributed by atoms with Crippen LogP contribution >= 0.6 is 0 Å². The zero-order valence-corrected chi connectivity index (χ0v) is 11.4. The molecule has 0 fully saturated rings. The van der Waals surface area contributed by atoms with E-state index in [4.69, 9.17) is 0 Å². The number of rotatable bonds is 5. The lowest BCUT2D eigenvalue weighted by molar-refractivity contribution is 0.642. The Balaban J connectivity index is 1.94. The van der Waals surface area contributed by atoms with Crippen LogP contribution in [-0.2, 0) is 27.2 Å². The van der Waals surface area contributed by atoms with E-state index in [1.165, 1.54) is 5.56 Å². The summed E-state index contributed by atoms with van der Waals surface area (Å²) in [7, 11) is 3.82. The monoisotopic (exact) mass is 248 g/mol. The molecule has 0 aliphatic carbocycles. The number of hydrogen-bond acceptors (Lipinski definition) is 4. The number of nitrogens with zero attached hydrogens (tertiary/aromatic N) is 5. The molecule has 0 unspecified atom stereocenters. The van der Waals surface area contributed by atoms with Gasteiger partial charge in [0.1, 0.15) is 6.33 Å². The maximum Gasteiger partial charge on any atom is 0.164 e. The van der Waals surface area contributed by atoms with Crippen molar-refractivity contribution in [3.63, 3.8) is 0 Å². The van der Waals surface area contributed by atoms with Crippen LogP contribution in [0.5, 0.6) is 0 Å². The molecule has 0 spiro atoms. The first-order valence-electron chi connectivity index (χ1n) is 6.14. The average Bonchev–Trinajstić information content (AvgIpc) is 2.85. The summed E-state index contributed by atoms with van der Waals surface area (Å²) in [6.45, 7) is 5.78. The molecule has 6 nitrogen and oxygen atoms in total. The fourth-order valence-electron chi connectivity index (χ4n) is 1.95. The van der Waals surface area contributed by atoms with Gasteiger partial charge in [0.15, 0.2) is 5.82 Å². The lowest BCUT2D eigenvalue weighted by Crippen LogP contribution is -2.15. The highest BCUT2D eigenvalue weighted by Crippen LogP contribution is 2.16. The molecule has 2 rings (SSSR count). The van der Waals surface area contributed by atoms with Gasteiger partial charge in [-0.1, -0.05) is 13.8 Å². The summed E-state index contributed by atoms with van der Waals surface area (Å²) in [5.74, 6) is 1.25. The quantitative estimate of drug-likeness (QED) is 0.856. The summed E-state index contributed by atoms with van der Waals surface area (Å²) >= 11 is 0. The van der Waals surface area contributed by atoms with Crippen LogP contribution in [0.1, 0.15) is 36.8 Å². The Bertz CT molecular complexity index is 510. The minimum Gasteiger partial charge on any atom is -0.306 e. The molecule has 0 aromatic carbocycles. The third-order valence-corrected chi connectivity index (χ3v) is 2.73. The Hall–Kier alpha value is -1.69. The van der Waals surface area contributed by atoms with E-state index in [9.17, 15) is 0 Å². The largest absolute Gasteiger partial charge is 0.306 e. The van der Waals surface area contributed by atoms with Crippen LogP contribution in [0, 0.1) is 0 Å². The van der Waals surface area contributed by atoms with Crippen molar-refractivity contribution in [2.45, 2.75) is 32.9 Å². The van der Waals surface area contributed by atoms with Crippen molar-refractivity contribution in [3.8, 4) is 0 Å². The van der Waals surface area contributed by atoms with Gasteiger partial charge in [0.2, 0.25) is 0 Å². The lowest BCUT2D eigenvalue weighted by atomic mass is 10.1. The molecular weight excluding hydrogens is 228 g/mol. The van der Waals surface area contributed by atoms with Gasteiger partial charge in [0.25, 0.3) is 0 Å². The molecule has 2 aromatic rings. The molecule has 2 aromatic heterocycles. The Kier molecular flexibility index (Phi) is 3.76. The zero-order valence-electron chi connectivity index (χ0n) is 11.4. The highest BCUT2D eigenvalue weighted by atomic mass is 15.3. The predicted octanol–water partition coefficient (Wildman–Crippen LogP) is 0.962. The van der Waals surface area contributed by atoms with Gasteiger partial charge in [-0.25, -0.2) is 4.98 Å². The summed E-state index contributed by atoms with van der Waals surface area (Å²) in [6.07, 6.45) is 3.77. The number of nitrogens with one attached hydrogen (secondary N) is 1. The molecule has 0 atom stereocenters. The van der Waals surface area contributed by atoms with Gasteiger partial charge in [0, 0.05) is 32.4 Å². The second kappa shape index (κ2) is 5.30. The first kappa shape index (κ1) is 12.8. The topological polar surface area (TPSA) is 60.6 Å². The zero-order chi connectivity index (χ0) is 13.1. The van der Waals surface area contributed by atoms with E-state index in [0.717, 1.165) is 18.1 Å². The van der Waals surface area contributed by atoms with E-state index in [1.807, 2.05) is 18.8 Å². The van der Waals surface area contributed by atoms with Gasteiger partial charge in [-0.05, 0) is 5.92 Å². The third-order valence-electron chi connectivity index (χ3n) is 2.73. The third kappa shape index (κ3) is 2.95. The van der Waals surface area contributed by atoms with E-state index < -0.39 is 0 Å². The van der Waals surface area contributed by atoms with Crippen molar-refractivity contribution in [1.82, 2.24) is 29.9 Å². The van der Waals surface area contributed by atoms with Gasteiger partial charge >= 0.3 is 0 Å². The average molecular weight is 248 g/mol. The summed E-state index contributed by atoms with van der Waals surface area (Å²) in [6, 6.07) is 0. The lowest BCUT2D eigenvalue weighted by Gasteiger charge is -2.05. The molecule has 0 aliphatic rings. The van der Waals surface area contributed by atoms with Crippen LogP contribution in [0.3, 0.4) is 0 Å². The predicted molar refractivity (Wildman–Crippen MR) is 68.8 cm³/mol. The SMILES string of the molecule is CC(C)c1nn(C)cc1CNCc1ncn(C)n1. The number of aryl methyl sites for hydroxylation is 2. The van der Waals surface area contributed by atoms with E-state index in [1.54, 1.807) is 11.0 Å². The van der Waals surface area contributed by atoms with Gasteiger partial charge in [-0.15, -0.1) is 0 Å². The van der Waals surface area contributed by atoms with Crippen molar-refractivity contribution in [3.05, 3.63) is 29.6 Å². The van der Waals surface area contributed by atoms with Crippen LogP contribution in [-0.4, -0.2) is 24.5 Å². The summed E-state index contributed by atoms with van der Waals surface area (Å²) < 4.78 is 3.58. The fraction of sp³-hybridized carbons (Fsp3) is 0.583. The molecular formula is C12H20N6. The van der Waals surface area contributed by atoms with E-state index in [-0.39, 0.29) is 0 Å². The van der Waals surface area contributed by atoms with Crippen molar-refractivity contribution < 1.29 is 0 Å². The van der Waals surface area contributed by atoms with Crippen LogP contribution in [0.25, 0.3) is 0 Å². The first-order valence-corrected chi connectivity index (χ1v) is 6.14. The Morgan fingerprint density at radius 3 is 2.56 bits per heavy atom. The minimum absolute atomic E-state index is 0.441. The van der Waals surface area contributed by atoms with Gasteiger partial charge in [-0.3, -0.25) is 9.36 Å². The fourth-order valence-corrected chi connectivity index (χ4v) is 1.95. The summed E-state index contributed by atoms with van der Waals surface area (Å²) in [5.41, 5.74) is 2.39. The Morgan fingerprint density at radius 1 is 1.17 bits per heavy atom. The first-order chi connectivity index (χ1) is 8.56. The molecule has 0 bridgehead atoms. The van der Waals surface area contributed by atoms with Crippen LogP contribution in [0.15, 0.2) is 12.5 Å². The molecule has 0 amide bonds. The van der Waals surface area contributed by atoms with Gasteiger partial charge in [-0.2, -0.15) is 10.2 Å². The second-order valence-corrected chi connectivity index (χ2v) is 4.81. The molecule has 0 saturated carbocycles. The standard InChI is InChI=1S/C12H20N6/c1-9(2)12-10(7-17(3)16-12)5-13-6-11-14-8-18(4)15-11/h7-9,13H,5-6H2,1-4H3. The van der Waals surface area contributed by atoms with Crippen molar-refractivity contribution in [2.24, 2.45) is 14.1 Å². The van der Waals surface area contributed by atoms with Crippen LogP contribution in [0.4, 0.5) is 0 Å². The highest BCUT2D eigenvalue weighted by molar-refractivity contribution is 5.19. The van der Waals surface area contributed by atoms with E-state index in [0.29, 0.717) is 12.5 Å². The molecule has 0 radical (unpaired) electrons. The van der Waals surface area contributed by atoms with E-state index >= 15 is 0 Å².